The number of hydrogen-bond acceptors (Lipinski definition) is 1. The average Bonchev–Trinajstić information content (AvgIpc) is 2.99. The van der Waals surface area contributed by atoms with Crippen LogP contribution in [0.2, 0.25) is 0 Å². The van der Waals surface area contributed by atoms with Gasteiger partial charge in [-0.2, -0.15) is 12.8 Å². The normalized spacial score (nSPS) is 9.39. The molecule has 0 aliphatic heterocycles. The Morgan fingerprint density at radius 3 is 1.00 bits per heavy atom. The van der Waals surface area contributed by atoms with Gasteiger partial charge in [-0.1, -0.05) is 141 Å². The number of nitrogens with zero attached hydrogens (tertiary/aromatic N) is 3. The zero-order valence-corrected chi connectivity index (χ0v) is 38.4. The third-order valence-corrected chi connectivity index (χ3v) is 5.74. The first-order valence-electron chi connectivity index (χ1n) is 15.3. The molecular weight excluding hydrogens is 865 g/mol. The van der Waals surface area contributed by atoms with Gasteiger partial charge in [-0.05, 0) is 23.7 Å². The van der Waals surface area contributed by atoms with Crippen LogP contribution < -0.4 is 0 Å². The first-order chi connectivity index (χ1) is 21.4. The van der Waals surface area contributed by atoms with E-state index in [2.05, 4.69) is 106 Å². The molecule has 2 aromatic carbocycles. The molecule has 0 saturated carbocycles. The van der Waals surface area contributed by atoms with Crippen LogP contribution in [0.3, 0.4) is 0 Å². The monoisotopic (exact) mass is 917 g/mol. The van der Waals surface area contributed by atoms with Crippen molar-refractivity contribution in [1.82, 2.24) is 0 Å². The summed E-state index contributed by atoms with van der Waals surface area (Å²) >= 11 is -1.65. The second-order valence-corrected chi connectivity index (χ2v) is 18.2. The Balaban J connectivity index is -0.000000320. The number of halogens is 4. The van der Waals surface area contributed by atoms with Gasteiger partial charge in [0.1, 0.15) is 13.2 Å². The molecule has 2 aromatic rings. The predicted octanol–water partition coefficient (Wildman–Crippen LogP) is 14.0. The Hall–Kier alpha value is 1.02. The molecule has 0 bridgehead atoms. The number of hydrogen-bond donors (Lipinski definition) is 0. The Kier molecular flexibility index (Phi) is 49.6. The third kappa shape index (κ3) is 28.8. The Morgan fingerprint density at radius 2 is 0.826 bits per heavy atom. The fourth-order valence-corrected chi connectivity index (χ4v) is 3.97. The maximum Gasteiger partial charge on any atom is 3.00 e. The van der Waals surface area contributed by atoms with Crippen molar-refractivity contribution in [2.24, 2.45) is 0 Å². The van der Waals surface area contributed by atoms with E-state index in [1.54, 1.807) is 0 Å². The summed E-state index contributed by atoms with van der Waals surface area (Å²) in [6.07, 6.45) is 2.00. The van der Waals surface area contributed by atoms with Gasteiger partial charge in [-0.15, -0.1) is 11.4 Å². The standard InChI is InChI=1S/C28H42N2O.2C3H7.4ClH.NO.Ni.2Zr/c1-19(2)23-11-9-12-24(20(3)4)27(23)29-15-17-31-18-16-30-28-25(21(5)6)13-10-14-26(28)22(7)8;2*1-3-2;;;;;1-2;;;/h9-14,19-22H,15-18H2,1-8H3;2*1,3H2,2H3;4*1H;;;;/q-2;2*-1;;;;;-1;+3;2*+2/p-3. The summed E-state index contributed by atoms with van der Waals surface area (Å²) in [6.45, 7) is 31.9. The summed E-state index contributed by atoms with van der Waals surface area (Å²) in [7, 11) is 19.7. The molecule has 0 aliphatic rings. The Labute approximate surface area is 330 Å². The Morgan fingerprint density at radius 1 is 0.630 bits per heavy atom. The number of nitroso groups, excluding NO2 is 1. The molecule has 0 amide bonds. The Bertz CT molecular complexity index is 804. The molecule has 0 spiro atoms. The van der Waals surface area contributed by atoms with Gasteiger partial charge in [0, 0.05) is 0 Å². The maximum absolute atomic E-state index is 7.25. The van der Waals surface area contributed by atoms with E-state index in [-0.39, 0.29) is 16.5 Å². The summed E-state index contributed by atoms with van der Waals surface area (Å²) < 4.78 is 4.71. The molecule has 0 saturated heterocycles. The number of aliphatic hydroxyl groups is 2. The topological polar surface area (TPSA) is 80.4 Å². The average molecular weight is 923 g/mol. The van der Waals surface area contributed by atoms with E-state index in [4.69, 9.17) is 59.9 Å². The van der Waals surface area contributed by atoms with Gasteiger partial charge in [0.15, 0.2) is 0 Å². The van der Waals surface area contributed by atoms with Crippen LogP contribution in [0.5, 0.6) is 0 Å². The molecule has 46 heavy (non-hydrogen) atoms. The van der Waals surface area contributed by atoms with Gasteiger partial charge >= 0.3 is 92.2 Å². The minimum Gasteiger partial charge on any atom is -0.577 e. The quantitative estimate of drug-likeness (QED) is 0.0904. The van der Waals surface area contributed by atoms with E-state index in [1.807, 2.05) is 13.8 Å². The van der Waals surface area contributed by atoms with Crippen molar-refractivity contribution in [3.63, 3.8) is 0 Å². The van der Waals surface area contributed by atoms with Crippen LogP contribution in [-0.4, -0.2) is 31.0 Å². The summed E-state index contributed by atoms with van der Waals surface area (Å²) in [5.74, 6) is 1.91. The molecule has 0 aliphatic carbocycles. The van der Waals surface area contributed by atoms with Crippen molar-refractivity contribution < 1.29 is 62.9 Å². The van der Waals surface area contributed by atoms with Crippen molar-refractivity contribution in [1.29, 1.82) is 0 Å². The van der Waals surface area contributed by atoms with Crippen LogP contribution in [0.15, 0.2) is 36.4 Å². The molecule has 2 rings (SSSR count). The number of rotatable bonds is 12. The van der Waals surface area contributed by atoms with E-state index in [9.17, 15) is 0 Å². The van der Waals surface area contributed by atoms with Crippen molar-refractivity contribution in [3.8, 4) is 0 Å². The van der Waals surface area contributed by atoms with E-state index < -0.39 is 41.7 Å². The van der Waals surface area contributed by atoms with Crippen LogP contribution in [0, 0.1) is 18.8 Å². The van der Waals surface area contributed by atoms with Gasteiger partial charge in [0.25, 0.3) is 0 Å². The molecule has 0 fully saturated rings. The maximum atomic E-state index is 7.25. The number of ether oxygens (including phenoxy) is 1. The molecule has 1 radical (unpaired) electrons. The minimum absolute atomic E-state index is 0. The van der Waals surface area contributed by atoms with Crippen molar-refractivity contribution in [2.75, 3.05) is 26.3 Å². The second kappa shape index (κ2) is 40.4. The fraction of sp³-hybridized carbons (Fsp3) is 0.588. The minimum atomic E-state index is -0.826. The van der Waals surface area contributed by atoms with Crippen LogP contribution in [0.25, 0.3) is 16.2 Å². The van der Waals surface area contributed by atoms with Gasteiger partial charge in [-0.3, -0.25) is 0 Å². The molecule has 267 valence electrons. The van der Waals surface area contributed by atoms with Gasteiger partial charge in [-0.25, -0.2) is 0 Å². The predicted molar refractivity (Wildman–Crippen MR) is 198 cm³/mol. The van der Waals surface area contributed by atoms with Crippen LogP contribution in [-0.2, 0) is 58.2 Å². The first kappa shape index (κ1) is 56.4. The fourth-order valence-electron chi connectivity index (χ4n) is 3.97. The zero-order valence-electron chi connectivity index (χ0n) is 29.5. The molecular formula is C34H57Cl4N3NiO2Zr2-. The summed E-state index contributed by atoms with van der Waals surface area (Å²) in [4.78, 5) is 7.25. The van der Waals surface area contributed by atoms with Crippen LogP contribution in [0.1, 0.15) is 128 Å². The van der Waals surface area contributed by atoms with Gasteiger partial charge in [0.2, 0.25) is 0 Å². The van der Waals surface area contributed by atoms with Gasteiger partial charge < -0.3 is 39.7 Å². The number of para-hydroxylation sites is 2. The van der Waals surface area contributed by atoms with E-state index in [0.717, 1.165) is 39.1 Å². The largest absolute Gasteiger partial charge is 3.00 e. The van der Waals surface area contributed by atoms with Crippen molar-refractivity contribution in [3.05, 3.63) is 93.6 Å². The van der Waals surface area contributed by atoms with E-state index >= 15 is 0 Å². The van der Waals surface area contributed by atoms with E-state index in [1.165, 1.54) is 33.6 Å². The molecule has 12 heteroatoms. The van der Waals surface area contributed by atoms with Gasteiger partial charge in [0.05, 0.1) is 0 Å². The molecule has 5 nitrogen and oxygen atoms in total. The molecule has 0 atom stereocenters. The van der Waals surface area contributed by atoms with Crippen molar-refractivity contribution >= 4 is 45.4 Å². The molecule has 0 heterocycles. The van der Waals surface area contributed by atoms with Crippen molar-refractivity contribution in [2.45, 2.75) is 106 Å². The molecule has 0 unspecified atom stereocenters. The number of benzene rings is 2. The summed E-state index contributed by atoms with van der Waals surface area (Å²) in [6, 6.07) is 13.2. The summed E-state index contributed by atoms with van der Waals surface area (Å²) in [5.41, 5.74) is 13.5. The third-order valence-electron chi connectivity index (χ3n) is 5.74. The van der Waals surface area contributed by atoms with Crippen LogP contribution >= 0.6 is 34.1 Å². The molecule has 0 aromatic heterocycles. The SMILES string of the molecule is CC(C)c1cccc(C(C)C)c1[N-]CC[OH+]CC[N-]c1c(C(C)C)cccc1C(C)C.[CH2-]CC.[CH2-]CC.[Cl][Zr][Cl].[Cl][Zr][Cl].[N-]=O.[Ni+3]. The second-order valence-electron chi connectivity index (χ2n) is 10.8. The summed E-state index contributed by atoms with van der Waals surface area (Å²) in [5, 5.41) is 9.91. The van der Waals surface area contributed by atoms with Crippen LogP contribution in [0.4, 0.5) is 11.4 Å². The zero-order chi connectivity index (χ0) is 35.8. The molecule has 1 N–H and O–H groups in total. The first-order valence-corrected chi connectivity index (χ1v) is 28.0. The smallest absolute Gasteiger partial charge is 0.577 e. The van der Waals surface area contributed by atoms with E-state index in [0.29, 0.717) is 23.7 Å².